The molecule has 0 radical (unpaired) electrons. The number of ether oxygens (including phenoxy) is 1. The number of halogens is 4. The molecule has 0 aromatic heterocycles. The quantitative estimate of drug-likeness (QED) is 0.805. The molecule has 20 heavy (non-hydrogen) atoms. The third-order valence-corrected chi connectivity index (χ3v) is 2.76. The fourth-order valence-electron chi connectivity index (χ4n) is 1.62. The van der Waals surface area contributed by atoms with Crippen LogP contribution in [0.1, 0.15) is 32.4 Å². The van der Waals surface area contributed by atoms with Crippen molar-refractivity contribution in [3.05, 3.63) is 35.6 Å². The van der Waals surface area contributed by atoms with E-state index in [-0.39, 0.29) is 12.6 Å². The summed E-state index contributed by atoms with van der Waals surface area (Å²) in [5.41, 5.74) is 0.384. The molecule has 1 rings (SSSR count). The summed E-state index contributed by atoms with van der Waals surface area (Å²) in [6.07, 6.45) is -7.21. The average molecular weight is 293 g/mol. The van der Waals surface area contributed by atoms with Crippen LogP contribution >= 0.6 is 0 Å². The molecular weight excluding hydrogens is 274 g/mol. The molecule has 1 aromatic carbocycles. The van der Waals surface area contributed by atoms with Crippen molar-refractivity contribution in [3.63, 3.8) is 0 Å². The Morgan fingerprint density at radius 2 is 1.85 bits per heavy atom. The monoisotopic (exact) mass is 293 g/mol. The first-order chi connectivity index (χ1) is 9.20. The SMILES string of the molecule is CC(C)NCC(OC(C)C(F)(F)F)c1cccc(F)c1. The summed E-state index contributed by atoms with van der Waals surface area (Å²) < 4.78 is 56.0. The minimum Gasteiger partial charge on any atom is -0.360 e. The zero-order chi connectivity index (χ0) is 15.3. The van der Waals surface area contributed by atoms with Gasteiger partial charge in [-0.05, 0) is 24.6 Å². The van der Waals surface area contributed by atoms with Crippen LogP contribution in [0.15, 0.2) is 24.3 Å². The lowest BCUT2D eigenvalue weighted by atomic mass is 10.1. The summed E-state index contributed by atoms with van der Waals surface area (Å²) >= 11 is 0. The van der Waals surface area contributed by atoms with E-state index in [1.165, 1.54) is 18.2 Å². The largest absolute Gasteiger partial charge is 0.414 e. The van der Waals surface area contributed by atoms with Crippen molar-refractivity contribution in [3.8, 4) is 0 Å². The third kappa shape index (κ3) is 5.46. The van der Waals surface area contributed by atoms with Gasteiger partial charge >= 0.3 is 6.18 Å². The van der Waals surface area contributed by atoms with Gasteiger partial charge in [0.05, 0.1) is 6.10 Å². The van der Waals surface area contributed by atoms with Gasteiger partial charge in [0.15, 0.2) is 6.10 Å². The van der Waals surface area contributed by atoms with Gasteiger partial charge in [0.2, 0.25) is 0 Å². The smallest absolute Gasteiger partial charge is 0.360 e. The minimum absolute atomic E-state index is 0.0934. The Morgan fingerprint density at radius 1 is 1.20 bits per heavy atom. The van der Waals surface area contributed by atoms with Crippen molar-refractivity contribution < 1.29 is 22.3 Å². The van der Waals surface area contributed by atoms with Gasteiger partial charge in [-0.2, -0.15) is 13.2 Å². The fraction of sp³-hybridized carbons (Fsp3) is 0.571. The number of alkyl halides is 3. The second-order valence-corrected chi connectivity index (χ2v) is 4.93. The van der Waals surface area contributed by atoms with E-state index in [0.717, 1.165) is 6.92 Å². The van der Waals surface area contributed by atoms with E-state index in [1.54, 1.807) is 6.07 Å². The first kappa shape index (κ1) is 16.9. The maximum Gasteiger partial charge on any atom is 0.414 e. The lowest BCUT2D eigenvalue weighted by molar-refractivity contribution is -0.227. The van der Waals surface area contributed by atoms with Gasteiger partial charge in [-0.15, -0.1) is 0 Å². The molecule has 0 aliphatic carbocycles. The van der Waals surface area contributed by atoms with Crippen LogP contribution in [0.5, 0.6) is 0 Å². The highest BCUT2D eigenvalue weighted by Crippen LogP contribution is 2.28. The molecule has 0 amide bonds. The van der Waals surface area contributed by atoms with Crippen LogP contribution in [-0.2, 0) is 4.74 Å². The normalized spacial score (nSPS) is 15.4. The molecule has 0 heterocycles. The van der Waals surface area contributed by atoms with E-state index in [0.29, 0.717) is 5.56 Å². The molecule has 6 heteroatoms. The molecular formula is C14H19F4NO. The molecule has 0 aliphatic heterocycles. The molecule has 2 nitrogen and oxygen atoms in total. The Kier molecular flexibility index (Phi) is 5.95. The Hall–Kier alpha value is -1.14. The average Bonchev–Trinajstić information content (AvgIpc) is 2.32. The zero-order valence-electron chi connectivity index (χ0n) is 11.7. The molecule has 0 bridgehead atoms. The van der Waals surface area contributed by atoms with E-state index in [1.807, 2.05) is 13.8 Å². The first-order valence-corrected chi connectivity index (χ1v) is 6.41. The van der Waals surface area contributed by atoms with Gasteiger partial charge in [-0.1, -0.05) is 26.0 Å². The second kappa shape index (κ2) is 7.04. The summed E-state index contributed by atoms with van der Waals surface area (Å²) in [5.74, 6) is -0.500. The molecule has 1 N–H and O–H groups in total. The van der Waals surface area contributed by atoms with Crippen LogP contribution < -0.4 is 5.32 Å². The van der Waals surface area contributed by atoms with E-state index in [9.17, 15) is 17.6 Å². The molecule has 2 atom stereocenters. The van der Waals surface area contributed by atoms with Crippen LogP contribution in [0.3, 0.4) is 0 Å². The fourth-order valence-corrected chi connectivity index (χ4v) is 1.62. The summed E-state index contributed by atoms with van der Waals surface area (Å²) in [5, 5.41) is 3.01. The molecule has 0 fully saturated rings. The minimum atomic E-state index is -4.44. The van der Waals surface area contributed by atoms with E-state index in [4.69, 9.17) is 4.74 Å². The lowest BCUT2D eigenvalue weighted by Crippen LogP contribution is -2.35. The molecule has 0 spiro atoms. The van der Waals surface area contributed by atoms with Crippen LogP contribution in [0.2, 0.25) is 0 Å². The maximum atomic E-state index is 13.2. The van der Waals surface area contributed by atoms with E-state index < -0.39 is 24.2 Å². The van der Waals surface area contributed by atoms with E-state index >= 15 is 0 Å². The summed E-state index contributed by atoms with van der Waals surface area (Å²) in [4.78, 5) is 0. The summed E-state index contributed by atoms with van der Waals surface area (Å²) in [7, 11) is 0. The number of nitrogens with one attached hydrogen (secondary N) is 1. The van der Waals surface area contributed by atoms with Crippen molar-refractivity contribution in [2.75, 3.05) is 6.54 Å². The topological polar surface area (TPSA) is 21.3 Å². The van der Waals surface area contributed by atoms with Crippen molar-refractivity contribution in [2.24, 2.45) is 0 Å². The molecule has 2 unspecified atom stereocenters. The van der Waals surface area contributed by atoms with Gasteiger partial charge in [0.1, 0.15) is 5.82 Å². The number of hydrogen-bond acceptors (Lipinski definition) is 2. The lowest BCUT2D eigenvalue weighted by Gasteiger charge is -2.25. The maximum absolute atomic E-state index is 13.2. The standard InChI is InChI=1S/C14H19F4NO/c1-9(2)19-8-13(20-10(3)14(16,17)18)11-5-4-6-12(15)7-11/h4-7,9-10,13,19H,8H2,1-3H3. The molecule has 0 saturated heterocycles. The van der Waals surface area contributed by atoms with E-state index in [2.05, 4.69) is 5.32 Å². The van der Waals surface area contributed by atoms with Crippen molar-refractivity contribution >= 4 is 0 Å². The van der Waals surface area contributed by atoms with Crippen LogP contribution in [0.25, 0.3) is 0 Å². The predicted molar refractivity (Wildman–Crippen MR) is 68.9 cm³/mol. The van der Waals surface area contributed by atoms with Crippen molar-refractivity contribution in [2.45, 2.75) is 45.2 Å². The van der Waals surface area contributed by atoms with Crippen molar-refractivity contribution in [1.29, 1.82) is 0 Å². The highest BCUT2D eigenvalue weighted by molar-refractivity contribution is 5.19. The molecule has 1 aromatic rings. The Balaban J connectivity index is 2.85. The van der Waals surface area contributed by atoms with Crippen molar-refractivity contribution in [1.82, 2.24) is 5.32 Å². The van der Waals surface area contributed by atoms with Gasteiger partial charge < -0.3 is 10.1 Å². The van der Waals surface area contributed by atoms with Gasteiger partial charge in [-0.25, -0.2) is 4.39 Å². The Morgan fingerprint density at radius 3 is 2.35 bits per heavy atom. The van der Waals surface area contributed by atoms with Gasteiger partial charge in [-0.3, -0.25) is 0 Å². The van der Waals surface area contributed by atoms with Crippen LogP contribution in [0, 0.1) is 5.82 Å². The van der Waals surface area contributed by atoms with Gasteiger partial charge in [0, 0.05) is 12.6 Å². The third-order valence-electron chi connectivity index (χ3n) is 2.76. The molecule has 114 valence electrons. The predicted octanol–water partition coefficient (Wildman–Crippen LogP) is 3.83. The summed E-state index contributed by atoms with van der Waals surface area (Å²) in [6, 6.07) is 5.53. The first-order valence-electron chi connectivity index (χ1n) is 6.41. The molecule has 0 saturated carbocycles. The Labute approximate surface area is 116 Å². The number of rotatable bonds is 6. The highest BCUT2D eigenvalue weighted by atomic mass is 19.4. The highest BCUT2D eigenvalue weighted by Gasteiger charge is 2.38. The molecule has 0 aliphatic rings. The second-order valence-electron chi connectivity index (χ2n) is 4.93. The van der Waals surface area contributed by atoms with Gasteiger partial charge in [0.25, 0.3) is 0 Å². The van der Waals surface area contributed by atoms with Crippen LogP contribution in [-0.4, -0.2) is 24.9 Å². The number of benzene rings is 1. The zero-order valence-corrected chi connectivity index (χ0v) is 11.7. The van der Waals surface area contributed by atoms with Crippen LogP contribution in [0.4, 0.5) is 17.6 Å². The number of hydrogen-bond donors (Lipinski definition) is 1. The Bertz CT molecular complexity index is 420. The summed E-state index contributed by atoms with van der Waals surface area (Å²) in [6.45, 7) is 4.87.